The van der Waals surface area contributed by atoms with Crippen LogP contribution < -0.4 is 5.32 Å². The molecule has 1 N–H and O–H groups in total. The number of nitrogens with zero attached hydrogens (tertiary/aromatic N) is 3. The van der Waals surface area contributed by atoms with E-state index in [0.29, 0.717) is 13.0 Å². The van der Waals surface area contributed by atoms with Crippen molar-refractivity contribution < 1.29 is 4.79 Å². The normalized spacial score (nSPS) is 9.23. The van der Waals surface area contributed by atoms with Crippen LogP contribution in [0.15, 0.2) is 6.33 Å². The molecule has 0 spiro atoms. The Morgan fingerprint density at radius 1 is 1.85 bits per heavy atom. The van der Waals surface area contributed by atoms with Crippen molar-refractivity contribution in [1.29, 1.82) is 0 Å². The van der Waals surface area contributed by atoms with Crippen molar-refractivity contribution in [2.24, 2.45) is 7.05 Å². The largest absolute Gasteiger partial charge is 0.348 e. The van der Waals surface area contributed by atoms with Crippen LogP contribution in [-0.4, -0.2) is 27.2 Å². The number of hydrogen-bond acceptors (Lipinski definition) is 3. The highest BCUT2D eigenvalue weighted by molar-refractivity contribution is 5.90. The van der Waals surface area contributed by atoms with Gasteiger partial charge < -0.3 is 5.32 Å². The smallest absolute Gasteiger partial charge is 0.290 e. The summed E-state index contributed by atoms with van der Waals surface area (Å²) in [6.07, 6.45) is 7.00. The molecule has 0 atom stereocenters. The average Bonchev–Trinajstić information content (AvgIpc) is 2.52. The molecule has 0 fully saturated rings. The maximum Gasteiger partial charge on any atom is 0.290 e. The fourth-order valence-electron chi connectivity index (χ4n) is 0.771. The summed E-state index contributed by atoms with van der Waals surface area (Å²) < 4.78 is 1.47. The van der Waals surface area contributed by atoms with E-state index >= 15 is 0 Å². The highest BCUT2D eigenvalue weighted by Crippen LogP contribution is 1.87. The van der Waals surface area contributed by atoms with E-state index in [0.717, 1.165) is 0 Å². The highest BCUT2D eigenvalue weighted by atomic mass is 16.2. The molecule has 0 saturated carbocycles. The van der Waals surface area contributed by atoms with Crippen LogP contribution in [0.5, 0.6) is 0 Å². The maximum absolute atomic E-state index is 11.2. The van der Waals surface area contributed by atoms with Crippen LogP contribution >= 0.6 is 0 Å². The molecule has 0 aliphatic carbocycles. The zero-order chi connectivity index (χ0) is 9.68. The number of terminal acetylenes is 1. The van der Waals surface area contributed by atoms with Crippen LogP contribution in [-0.2, 0) is 7.05 Å². The van der Waals surface area contributed by atoms with Crippen LogP contribution in [0, 0.1) is 12.3 Å². The topological polar surface area (TPSA) is 59.8 Å². The molecule has 13 heavy (non-hydrogen) atoms. The Hall–Kier alpha value is -1.83. The van der Waals surface area contributed by atoms with Crippen molar-refractivity contribution >= 4 is 5.91 Å². The molecule has 0 radical (unpaired) electrons. The number of carbonyl (C=O) groups is 1. The summed E-state index contributed by atoms with van der Waals surface area (Å²) in [4.78, 5) is 15.0. The molecule has 5 nitrogen and oxygen atoms in total. The van der Waals surface area contributed by atoms with E-state index in [1.807, 2.05) is 0 Å². The number of nitrogens with one attached hydrogen (secondary N) is 1. The van der Waals surface area contributed by atoms with Crippen molar-refractivity contribution in [3.63, 3.8) is 0 Å². The van der Waals surface area contributed by atoms with Gasteiger partial charge in [-0.25, -0.2) is 4.98 Å². The van der Waals surface area contributed by atoms with E-state index in [1.54, 1.807) is 7.05 Å². The number of rotatable bonds is 3. The molecule has 5 heteroatoms. The Bertz CT molecular complexity index is 336. The summed E-state index contributed by atoms with van der Waals surface area (Å²) in [6.45, 7) is 0.452. The number of hydrogen-bond donors (Lipinski definition) is 1. The summed E-state index contributed by atoms with van der Waals surface area (Å²) in [5, 5.41) is 6.42. The summed E-state index contributed by atoms with van der Waals surface area (Å²) >= 11 is 0. The zero-order valence-corrected chi connectivity index (χ0v) is 7.32. The van der Waals surface area contributed by atoms with Gasteiger partial charge in [-0.2, -0.15) is 0 Å². The lowest BCUT2D eigenvalue weighted by Gasteiger charge is -1.97. The van der Waals surface area contributed by atoms with E-state index in [4.69, 9.17) is 6.42 Å². The number of aryl methyl sites for hydroxylation is 1. The third kappa shape index (κ3) is 2.60. The first-order chi connectivity index (χ1) is 6.24. The van der Waals surface area contributed by atoms with E-state index in [-0.39, 0.29) is 11.7 Å². The minimum absolute atomic E-state index is 0.166. The van der Waals surface area contributed by atoms with Gasteiger partial charge in [0.25, 0.3) is 5.91 Å². The molecule has 0 aromatic carbocycles. The molecule has 68 valence electrons. The summed E-state index contributed by atoms with van der Waals surface area (Å²) in [5.41, 5.74) is 0. The van der Waals surface area contributed by atoms with Gasteiger partial charge in [0.1, 0.15) is 6.33 Å². The van der Waals surface area contributed by atoms with Crippen LogP contribution in [0.25, 0.3) is 0 Å². The van der Waals surface area contributed by atoms with Crippen molar-refractivity contribution in [2.75, 3.05) is 6.54 Å². The molecule has 0 aliphatic heterocycles. The van der Waals surface area contributed by atoms with Crippen LogP contribution in [0.2, 0.25) is 0 Å². The molecule has 0 bridgehead atoms. The third-order valence-electron chi connectivity index (χ3n) is 1.36. The SMILES string of the molecule is C#CCCNC(=O)c1ncn(C)n1. The lowest BCUT2D eigenvalue weighted by Crippen LogP contribution is -2.25. The van der Waals surface area contributed by atoms with Gasteiger partial charge in [-0.1, -0.05) is 0 Å². The minimum Gasteiger partial charge on any atom is -0.348 e. The highest BCUT2D eigenvalue weighted by Gasteiger charge is 2.08. The second kappa shape index (κ2) is 4.26. The molecule has 0 unspecified atom stereocenters. The number of aromatic nitrogens is 3. The molecule has 0 saturated heterocycles. The van der Waals surface area contributed by atoms with E-state index in [9.17, 15) is 4.79 Å². The molecule has 1 aromatic heterocycles. The molecular formula is C8H10N4O. The first-order valence-electron chi connectivity index (χ1n) is 3.81. The fraction of sp³-hybridized carbons (Fsp3) is 0.375. The Kier molecular flexibility index (Phi) is 3.03. The fourth-order valence-corrected chi connectivity index (χ4v) is 0.771. The van der Waals surface area contributed by atoms with Gasteiger partial charge in [0.05, 0.1) is 0 Å². The number of carbonyl (C=O) groups excluding carboxylic acids is 1. The van der Waals surface area contributed by atoms with Gasteiger partial charge >= 0.3 is 0 Å². The third-order valence-corrected chi connectivity index (χ3v) is 1.36. The first kappa shape index (κ1) is 9.26. The van der Waals surface area contributed by atoms with Crippen molar-refractivity contribution in [1.82, 2.24) is 20.1 Å². The van der Waals surface area contributed by atoms with Gasteiger partial charge in [0, 0.05) is 20.0 Å². The first-order valence-corrected chi connectivity index (χ1v) is 3.81. The van der Waals surface area contributed by atoms with E-state index in [2.05, 4.69) is 21.3 Å². The monoisotopic (exact) mass is 178 g/mol. The van der Waals surface area contributed by atoms with Crippen molar-refractivity contribution in [3.8, 4) is 12.3 Å². The molecule has 1 amide bonds. The van der Waals surface area contributed by atoms with Crippen molar-refractivity contribution in [3.05, 3.63) is 12.2 Å². The number of amides is 1. The van der Waals surface area contributed by atoms with Gasteiger partial charge in [-0.15, -0.1) is 17.4 Å². The second-order valence-corrected chi connectivity index (χ2v) is 2.45. The standard InChI is InChI=1S/C8H10N4O/c1-3-4-5-9-8(13)7-10-6-12(2)11-7/h1,6H,4-5H2,2H3,(H,9,13). The lowest BCUT2D eigenvalue weighted by atomic mass is 10.4. The second-order valence-electron chi connectivity index (χ2n) is 2.45. The quantitative estimate of drug-likeness (QED) is 0.504. The minimum atomic E-state index is -0.296. The van der Waals surface area contributed by atoms with Crippen LogP contribution in [0.1, 0.15) is 17.0 Å². The van der Waals surface area contributed by atoms with Gasteiger partial charge in [0.15, 0.2) is 0 Å². The molecule has 1 rings (SSSR count). The Morgan fingerprint density at radius 2 is 2.62 bits per heavy atom. The summed E-state index contributed by atoms with van der Waals surface area (Å²) in [7, 11) is 1.70. The molecule has 1 heterocycles. The van der Waals surface area contributed by atoms with Crippen LogP contribution in [0.4, 0.5) is 0 Å². The maximum atomic E-state index is 11.2. The Morgan fingerprint density at radius 3 is 3.15 bits per heavy atom. The molecule has 1 aromatic rings. The summed E-state index contributed by atoms with van der Waals surface area (Å²) in [6, 6.07) is 0. The van der Waals surface area contributed by atoms with Crippen LogP contribution in [0.3, 0.4) is 0 Å². The molecule has 0 aliphatic rings. The van der Waals surface area contributed by atoms with E-state index in [1.165, 1.54) is 11.0 Å². The van der Waals surface area contributed by atoms with Gasteiger partial charge in [0.2, 0.25) is 5.82 Å². The lowest BCUT2D eigenvalue weighted by molar-refractivity contribution is 0.0944. The predicted octanol–water partition coefficient (Wildman–Crippen LogP) is -0.432. The van der Waals surface area contributed by atoms with Crippen molar-refractivity contribution in [2.45, 2.75) is 6.42 Å². The molecular weight excluding hydrogens is 168 g/mol. The summed E-state index contributed by atoms with van der Waals surface area (Å²) in [5.74, 6) is 2.29. The average molecular weight is 178 g/mol. The predicted molar refractivity (Wildman–Crippen MR) is 46.8 cm³/mol. The Labute approximate surface area is 76.2 Å². The zero-order valence-electron chi connectivity index (χ0n) is 7.32. The van der Waals surface area contributed by atoms with E-state index < -0.39 is 0 Å². The van der Waals surface area contributed by atoms with Gasteiger partial charge in [-0.05, 0) is 0 Å². The van der Waals surface area contributed by atoms with Gasteiger partial charge in [-0.3, -0.25) is 9.48 Å². The Balaban J connectivity index is 2.45.